The van der Waals surface area contributed by atoms with Gasteiger partial charge in [0.2, 0.25) is 5.91 Å². The van der Waals surface area contributed by atoms with Crippen LogP contribution >= 0.6 is 0 Å². The molecule has 0 aromatic heterocycles. The maximum Gasteiger partial charge on any atom is 0.408 e. The van der Waals surface area contributed by atoms with E-state index in [2.05, 4.69) is 16.0 Å². The van der Waals surface area contributed by atoms with Gasteiger partial charge in [0.15, 0.2) is 0 Å². The molecule has 11 heteroatoms. The highest BCUT2D eigenvalue weighted by atomic mass is 16.6. The van der Waals surface area contributed by atoms with Gasteiger partial charge < -0.3 is 25.8 Å². The van der Waals surface area contributed by atoms with Crippen molar-refractivity contribution in [3.05, 3.63) is 70.3 Å². The summed E-state index contributed by atoms with van der Waals surface area (Å²) in [6, 6.07) is 13.8. The molecule has 1 heterocycles. The molecule has 194 valence electrons. The Morgan fingerprint density at radius 1 is 1.14 bits per heavy atom. The number of carbonyl (C=O) groups is 3. The van der Waals surface area contributed by atoms with Gasteiger partial charge in [-0.15, -0.1) is 0 Å². The molecule has 3 rings (SSSR count). The number of carbonyl (C=O) groups excluding carboxylic acids is 2. The predicted octanol–water partition coefficient (Wildman–Crippen LogP) is 3.49. The van der Waals surface area contributed by atoms with E-state index in [-0.39, 0.29) is 24.1 Å². The first-order valence-corrected chi connectivity index (χ1v) is 11.5. The average Bonchev–Trinajstić information content (AvgIpc) is 3.34. The Labute approximate surface area is 209 Å². The van der Waals surface area contributed by atoms with Crippen LogP contribution in [0.5, 0.6) is 0 Å². The standard InChI is InChI=1S/C14H19NO4.C11H13N3O3/c1-14(2,3)19-13(18)15-11(12(16)17)9-10-7-5-4-6-8-10;15-11(10-2-1-7-12-10)13-8-3-5-9(6-4-8)14(16)17/h4-8,11H,9H2,1-3H3,(H,15,18)(H,16,17);3-6,10,12H,1-2,7H2,(H,13,15)/t;10-/m.0/s1. The molecule has 2 atom stereocenters. The second kappa shape index (κ2) is 13.2. The fourth-order valence-corrected chi connectivity index (χ4v) is 3.30. The highest BCUT2D eigenvalue weighted by molar-refractivity contribution is 5.95. The van der Waals surface area contributed by atoms with Gasteiger partial charge in [-0.2, -0.15) is 0 Å². The molecule has 36 heavy (non-hydrogen) atoms. The highest BCUT2D eigenvalue weighted by Crippen LogP contribution is 2.16. The number of ether oxygens (including phenoxy) is 1. The number of amides is 2. The number of carboxylic acid groups (broad SMARTS) is 1. The number of benzene rings is 2. The third-order valence-electron chi connectivity index (χ3n) is 4.99. The summed E-state index contributed by atoms with van der Waals surface area (Å²) in [5.74, 6) is -1.17. The van der Waals surface area contributed by atoms with Crippen molar-refractivity contribution < 1.29 is 29.2 Å². The summed E-state index contributed by atoms with van der Waals surface area (Å²) < 4.78 is 5.04. The zero-order valence-electron chi connectivity index (χ0n) is 20.5. The van der Waals surface area contributed by atoms with E-state index in [1.54, 1.807) is 20.8 Å². The van der Waals surface area contributed by atoms with E-state index in [9.17, 15) is 24.5 Å². The quantitative estimate of drug-likeness (QED) is 0.332. The van der Waals surface area contributed by atoms with Gasteiger partial charge in [0.25, 0.3) is 5.69 Å². The summed E-state index contributed by atoms with van der Waals surface area (Å²) in [5, 5.41) is 27.7. The number of non-ortho nitro benzene ring substituents is 1. The van der Waals surface area contributed by atoms with Crippen molar-refractivity contribution in [2.75, 3.05) is 11.9 Å². The van der Waals surface area contributed by atoms with Crippen LogP contribution in [0.1, 0.15) is 39.2 Å². The lowest BCUT2D eigenvalue weighted by molar-refractivity contribution is -0.384. The number of rotatable bonds is 7. The van der Waals surface area contributed by atoms with Crippen LogP contribution in [0, 0.1) is 10.1 Å². The Hall–Kier alpha value is -3.99. The largest absolute Gasteiger partial charge is 0.480 e. The number of anilines is 1. The second-order valence-electron chi connectivity index (χ2n) is 9.17. The maximum atomic E-state index is 11.7. The molecular formula is C25H32N4O7. The minimum absolute atomic E-state index is 0.0157. The summed E-state index contributed by atoms with van der Waals surface area (Å²) in [6.45, 7) is 6.02. The molecule has 4 N–H and O–H groups in total. The van der Waals surface area contributed by atoms with Crippen molar-refractivity contribution in [3.8, 4) is 0 Å². The molecule has 1 fully saturated rings. The minimum atomic E-state index is -1.09. The smallest absolute Gasteiger partial charge is 0.408 e. The molecule has 11 nitrogen and oxygen atoms in total. The molecule has 0 radical (unpaired) electrons. The molecule has 1 aliphatic rings. The Bertz CT molecular complexity index is 1030. The molecule has 2 aromatic rings. The molecule has 1 aliphatic heterocycles. The van der Waals surface area contributed by atoms with E-state index < -0.39 is 28.6 Å². The van der Waals surface area contributed by atoms with E-state index >= 15 is 0 Å². The van der Waals surface area contributed by atoms with Crippen molar-refractivity contribution >= 4 is 29.3 Å². The van der Waals surface area contributed by atoms with Gasteiger partial charge in [-0.25, -0.2) is 9.59 Å². The summed E-state index contributed by atoms with van der Waals surface area (Å²) in [7, 11) is 0. The van der Waals surface area contributed by atoms with E-state index in [1.165, 1.54) is 24.3 Å². The van der Waals surface area contributed by atoms with Crippen LogP contribution in [-0.2, 0) is 20.7 Å². The SMILES string of the molecule is CC(C)(C)OC(=O)NC(Cc1ccccc1)C(=O)O.O=C(Nc1ccc([N+](=O)[O-])cc1)[C@@H]1CCCN1. The average molecular weight is 501 g/mol. The summed E-state index contributed by atoms with van der Waals surface area (Å²) >= 11 is 0. The van der Waals surface area contributed by atoms with Crippen molar-refractivity contribution in [3.63, 3.8) is 0 Å². The number of alkyl carbamates (subject to hydrolysis) is 1. The van der Waals surface area contributed by atoms with Gasteiger partial charge in [-0.1, -0.05) is 30.3 Å². The lowest BCUT2D eigenvalue weighted by atomic mass is 10.1. The third kappa shape index (κ3) is 10.1. The number of nitro benzene ring substituents is 1. The third-order valence-corrected chi connectivity index (χ3v) is 4.99. The number of hydrogen-bond acceptors (Lipinski definition) is 7. The summed E-state index contributed by atoms with van der Waals surface area (Å²) in [5.41, 5.74) is 0.780. The Morgan fingerprint density at radius 3 is 2.28 bits per heavy atom. The van der Waals surface area contributed by atoms with Gasteiger partial charge in [0, 0.05) is 24.2 Å². The monoisotopic (exact) mass is 500 g/mol. The van der Waals surface area contributed by atoms with E-state index in [0.717, 1.165) is 24.9 Å². The Kier molecular flexibility index (Phi) is 10.4. The lowest BCUT2D eigenvalue weighted by Crippen LogP contribution is -2.44. The topological polar surface area (TPSA) is 160 Å². The molecule has 0 spiro atoms. The predicted molar refractivity (Wildman–Crippen MR) is 134 cm³/mol. The minimum Gasteiger partial charge on any atom is -0.480 e. The Balaban J connectivity index is 0.000000255. The van der Waals surface area contributed by atoms with Crippen LogP contribution in [0.25, 0.3) is 0 Å². The van der Waals surface area contributed by atoms with Gasteiger partial charge in [0.05, 0.1) is 11.0 Å². The van der Waals surface area contributed by atoms with Crippen LogP contribution in [-0.4, -0.2) is 52.2 Å². The molecule has 2 amide bonds. The zero-order valence-corrected chi connectivity index (χ0v) is 20.5. The Morgan fingerprint density at radius 2 is 1.78 bits per heavy atom. The normalized spacial score (nSPS) is 15.6. The number of nitrogens with zero attached hydrogens (tertiary/aromatic N) is 1. The number of nitrogens with one attached hydrogen (secondary N) is 3. The highest BCUT2D eigenvalue weighted by Gasteiger charge is 2.24. The van der Waals surface area contributed by atoms with Gasteiger partial charge in [0.1, 0.15) is 11.6 Å². The number of aliphatic carboxylic acids is 1. The van der Waals surface area contributed by atoms with E-state index in [4.69, 9.17) is 9.84 Å². The number of nitro groups is 1. The first kappa shape index (κ1) is 28.2. The maximum absolute atomic E-state index is 11.7. The van der Waals surface area contributed by atoms with E-state index in [1.807, 2.05) is 30.3 Å². The summed E-state index contributed by atoms with van der Waals surface area (Å²) in [6.07, 6.45) is 1.32. The molecule has 2 aromatic carbocycles. The molecule has 0 aliphatic carbocycles. The molecular weight excluding hydrogens is 468 g/mol. The number of carboxylic acids is 1. The first-order chi connectivity index (χ1) is 16.9. The molecule has 0 saturated carbocycles. The molecule has 0 bridgehead atoms. The van der Waals surface area contributed by atoms with Crippen molar-refractivity contribution in [2.24, 2.45) is 0 Å². The first-order valence-electron chi connectivity index (χ1n) is 11.5. The van der Waals surface area contributed by atoms with Crippen molar-refractivity contribution in [1.29, 1.82) is 0 Å². The van der Waals surface area contributed by atoms with Crippen LogP contribution in [0.4, 0.5) is 16.2 Å². The summed E-state index contributed by atoms with van der Waals surface area (Å²) in [4.78, 5) is 44.4. The van der Waals surface area contributed by atoms with E-state index in [0.29, 0.717) is 5.69 Å². The molecule has 1 saturated heterocycles. The zero-order chi connectivity index (χ0) is 26.7. The van der Waals surface area contributed by atoms with Crippen molar-refractivity contribution in [1.82, 2.24) is 10.6 Å². The van der Waals surface area contributed by atoms with Crippen LogP contribution in [0.15, 0.2) is 54.6 Å². The van der Waals surface area contributed by atoms with Gasteiger partial charge in [-0.05, 0) is 57.9 Å². The van der Waals surface area contributed by atoms with Crippen LogP contribution in [0.3, 0.4) is 0 Å². The fourth-order valence-electron chi connectivity index (χ4n) is 3.30. The van der Waals surface area contributed by atoms with Gasteiger partial charge >= 0.3 is 12.1 Å². The lowest BCUT2D eigenvalue weighted by Gasteiger charge is -2.22. The fraction of sp³-hybridized carbons (Fsp3) is 0.400. The van der Waals surface area contributed by atoms with Crippen molar-refractivity contribution in [2.45, 2.75) is 57.7 Å². The molecule has 1 unspecified atom stereocenters. The number of hydrogen-bond donors (Lipinski definition) is 4. The van der Waals surface area contributed by atoms with Crippen LogP contribution < -0.4 is 16.0 Å². The van der Waals surface area contributed by atoms with Crippen LogP contribution in [0.2, 0.25) is 0 Å². The van der Waals surface area contributed by atoms with Gasteiger partial charge in [-0.3, -0.25) is 14.9 Å². The second-order valence-corrected chi connectivity index (χ2v) is 9.17.